The topological polar surface area (TPSA) is 73.5 Å². The number of nitrogens with one attached hydrogen (secondary N) is 3. The average Bonchev–Trinajstić information content (AvgIpc) is 2.68. The number of likely N-dealkylation sites (N-methyl/N-ethyl adjacent to an activating group) is 1. The number of hydrogen-bond acceptors (Lipinski definition) is 4. The van der Waals surface area contributed by atoms with E-state index in [-0.39, 0.29) is 24.9 Å². The van der Waals surface area contributed by atoms with Gasteiger partial charge in [-0.3, -0.25) is 15.0 Å². The predicted octanol–water partition coefficient (Wildman–Crippen LogP) is 0.469. The largest absolute Gasteiger partial charge is 0.338 e. The molecule has 2 aliphatic heterocycles. The summed E-state index contributed by atoms with van der Waals surface area (Å²) in [7, 11) is 1.97. The van der Waals surface area contributed by atoms with Crippen molar-refractivity contribution in [2.45, 2.75) is 50.7 Å². The molecule has 0 aromatic rings. The van der Waals surface area contributed by atoms with Crippen LogP contribution in [0.3, 0.4) is 0 Å². The van der Waals surface area contributed by atoms with Crippen LogP contribution < -0.4 is 16.0 Å². The van der Waals surface area contributed by atoms with E-state index >= 15 is 0 Å². The van der Waals surface area contributed by atoms with Crippen LogP contribution in [0.25, 0.3) is 0 Å². The van der Waals surface area contributed by atoms with Gasteiger partial charge in [-0.1, -0.05) is 0 Å². The summed E-state index contributed by atoms with van der Waals surface area (Å²) in [6.45, 7) is 2.62. The number of carbonyl (C=O) groups is 2. The fraction of sp³-hybridized carbons (Fsp3) is 0.846. The van der Waals surface area contributed by atoms with Crippen molar-refractivity contribution in [1.29, 1.82) is 0 Å². The van der Waals surface area contributed by atoms with Gasteiger partial charge in [-0.05, 0) is 39.7 Å². The highest BCUT2D eigenvalue weighted by atomic mass is 35.5. The molecule has 2 aliphatic rings. The maximum Gasteiger partial charge on any atom is 0.321 e. The van der Waals surface area contributed by atoms with Crippen molar-refractivity contribution >= 4 is 24.3 Å². The first-order valence-electron chi connectivity index (χ1n) is 7.12. The number of urea groups is 1. The number of imide groups is 1. The van der Waals surface area contributed by atoms with Crippen LogP contribution >= 0.6 is 12.4 Å². The van der Waals surface area contributed by atoms with Crippen molar-refractivity contribution in [1.82, 2.24) is 20.9 Å². The van der Waals surface area contributed by atoms with E-state index in [4.69, 9.17) is 0 Å². The van der Waals surface area contributed by atoms with Crippen molar-refractivity contribution in [3.05, 3.63) is 0 Å². The van der Waals surface area contributed by atoms with Crippen LogP contribution in [0.1, 0.15) is 32.6 Å². The number of piperidine rings is 1. The standard InChI is InChI=1S/C13H24N4O2.ClH/c1-3-14-13(19)16-12(18)8-17(2)11-6-9-4-5-10(7-11)15-9;/h9-11,15H,3-8H2,1-2H3,(H2,14,16,18,19);1H. The Bertz CT molecular complexity index is 341. The lowest BCUT2D eigenvalue weighted by atomic mass is 9.98. The second-order valence-electron chi connectivity index (χ2n) is 5.59. The van der Waals surface area contributed by atoms with Gasteiger partial charge < -0.3 is 10.6 Å². The summed E-state index contributed by atoms with van der Waals surface area (Å²) >= 11 is 0. The molecule has 0 aromatic carbocycles. The predicted molar refractivity (Wildman–Crippen MR) is 80.1 cm³/mol. The number of carbonyl (C=O) groups excluding carboxylic acids is 2. The third-order valence-electron chi connectivity index (χ3n) is 4.05. The molecular formula is C13H25ClN4O2. The maximum atomic E-state index is 11.7. The van der Waals surface area contributed by atoms with E-state index in [0.29, 0.717) is 24.7 Å². The van der Waals surface area contributed by atoms with E-state index in [1.807, 2.05) is 14.0 Å². The van der Waals surface area contributed by atoms with Gasteiger partial charge in [0.15, 0.2) is 0 Å². The van der Waals surface area contributed by atoms with Crippen LogP contribution in [0, 0.1) is 0 Å². The average molecular weight is 305 g/mol. The second-order valence-corrected chi connectivity index (χ2v) is 5.59. The molecule has 3 N–H and O–H groups in total. The fourth-order valence-corrected chi connectivity index (χ4v) is 3.11. The Morgan fingerprint density at radius 1 is 1.25 bits per heavy atom. The molecule has 2 saturated heterocycles. The lowest BCUT2D eigenvalue weighted by Crippen LogP contribution is -2.50. The summed E-state index contributed by atoms with van der Waals surface area (Å²) in [4.78, 5) is 25.1. The summed E-state index contributed by atoms with van der Waals surface area (Å²) in [6.07, 6.45) is 4.70. The highest BCUT2D eigenvalue weighted by Gasteiger charge is 2.35. The zero-order valence-electron chi connectivity index (χ0n) is 12.1. The van der Waals surface area contributed by atoms with E-state index in [1.54, 1.807) is 0 Å². The Kier molecular flexibility index (Phi) is 6.71. The van der Waals surface area contributed by atoms with E-state index in [1.165, 1.54) is 12.8 Å². The van der Waals surface area contributed by atoms with Gasteiger partial charge in [0.2, 0.25) is 5.91 Å². The molecule has 2 fully saturated rings. The van der Waals surface area contributed by atoms with Gasteiger partial charge in [0.25, 0.3) is 0 Å². The number of halogens is 1. The summed E-state index contributed by atoms with van der Waals surface area (Å²) < 4.78 is 0. The summed E-state index contributed by atoms with van der Waals surface area (Å²) in [5, 5.41) is 8.48. The number of amides is 3. The van der Waals surface area contributed by atoms with Crippen molar-refractivity contribution in [3.63, 3.8) is 0 Å². The van der Waals surface area contributed by atoms with Crippen LogP contribution in [0.4, 0.5) is 4.79 Å². The monoisotopic (exact) mass is 304 g/mol. The molecule has 7 heteroatoms. The normalized spacial score (nSPS) is 27.9. The first kappa shape index (κ1) is 17.2. The minimum atomic E-state index is -0.411. The summed E-state index contributed by atoms with van der Waals surface area (Å²) in [6, 6.07) is 1.25. The third kappa shape index (κ3) is 4.61. The molecule has 0 spiro atoms. The van der Waals surface area contributed by atoms with Crippen molar-refractivity contribution in [3.8, 4) is 0 Å². The van der Waals surface area contributed by atoms with Gasteiger partial charge in [0.05, 0.1) is 6.54 Å². The summed E-state index contributed by atoms with van der Waals surface area (Å²) in [5.41, 5.74) is 0. The Balaban J connectivity index is 0.00000200. The van der Waals surface area contributed by atoms with E-state index in [0.717, 1.165) is 12.8 Å². The minimum absolute atomic E-state index is 0. The molecule has 116 valence electrons. The SMILES string of the molecule is CCNC(=O)NC(=O)CN(C)C1CC2CCC(C1)N2.Cl. The molecule has 0 saturated carbocycles. The maximum absolute atomic E-state index is 11.7. The van der Waals surface area contributed by atoms with Gasteiger partial charge in [0.1, 0.15) is 0 Å². The van der Waals surface area contributed by atoms with Crippen molar-refractivity contribution in [2.75, 3.05) is 20.1 Å². The van der Waals surface area contributed by atoms with Gasteiger partial charge in [0, 0.05) is 24.7 Å². The van der Waals surface area contributed by atoms with Crippen molar-refractivity contribution in [2.24, 2.45) is 0 Å². The Labute approximate surface area is 126 Å². The van der Waals surface area contributed by atoms with Crippen LogP contribution in [0.15, 0.2) is 0 Å². The fourth-order valence-electron chi connectivity index (χ4n) is 3.11. The molecule has 2 bridgehead atoms. The van der Waals surface area contributed by atoms with Gasteiger partial charge in [-0.25, -0.2) is 4.79 Å². The Hall–Kier alpha value is -0.850. The van der Waals surface area contributed by atoms with E-state index in [2.05, 4.69) is 20.9 Å². The minimum Gasteiger partial charge on any atom is -0.338 e. The van der Waals surface area contributed by atoms with Crippen LogP contribution in [0.2, 0.25) is 0 Å². The quantitative estimate of drug-likeness (QED) is 0.706. The smallest absolute Gasteiger partial charge is 0.321 e. The molecule has 0 radical (unpaired) electrons. The number of fused-ring (bicyclic) bond motifs is 2. The van der Waals surface area contributed by atoms with Gasteiger partial charge >= 0.3 is 6.03 Å². The highest BCUT2D eigenvalue weighted by Crippen LogP contribution is 2.28. The van der Waals surface area contributed by atoms with E-state index in [9.17, 15) is 9.59 Å². The summed E-state index contributed by atoms with van der Waals surface area (Å²) in [5.74, 6) is -0.237. The van der Waals surface area contributed by atoms with E-state index < -0.39 is 6.03 Å². The zero-order valence-corrected chi connectivity index (χ0v) is 13.0. The van der Waals surface area contributed by atoms with Crippen LogP contribution in [0.5, 0.6) is 0 Å². The van der Waals surface area contributed by atoms with Crippen LogP contribution in [-0.4, -0.2) is 55.1 Å². The van der Waals surface area contributed by atoms with Gasteiger partial charge in [-0.2, -0.15) is 0 Å². The zero-order chi connectivity index (χ0) is 13.8. The van der Waals surface area contributed by atoms with Gasteiger partial charge in [-0.15, -0.1) is 12.4 Å². The molecule has 2 unspecified atom stereocenters. The molecular weight excluding hydrogens is 280 g/mol. The first-order chi connectivity index (χ1) is 9.08. The lowest BCUT2D eigenvalue weighted by Gasteiger charge is -2.35. The third-order valence-corrected chi connectivity index (χ3v) is 4.05. The number of hydrogen-bond donors (Lipinski definition) is 3. The molecule has 2 heterocycles. The molecule has 0 aromatic heterocycles. The highest BCUT2D eigenvalue weighted by molar-refractivity contribution is 5.95. The Morgan fingerprint density at radius 3 is 2.40 bits per heavy atom. The number of rotatable bonds is 4. The molecule has 0 aliphatic carbocycles. The van der Waals surface area contributed by atoms with Crippen LogP contribution in [-0.2, 0) is 4.79 Å². The lowest BCUT2D eigenvalue weighted by molar-refractivity contribution is -0.121. The molecule has 20 heavy (non-hydrogen) atoms. The number of nitrogens with zero attached hydrogens (tertiary/aromatic N) is 1. The molecule has 6 nitrogen and oxygen atoms in total. The molecule has 3 amide bonds. The first-order valence-corrected chi connectivity index (χ1v) is 7.12. The second kappa shape index (κ2) is 7.81. The molecule has 2 atom stereocenters. The molecule has 2 rings (SSSR count). The Morgan fingerprint density at radius 2 is 1.85 bits per heavy atom. The van der Waals surface area contributed by atoms with Crippen molar-refractivity contribution < 1.29 is 9.59 Å².